The number of nitrogen functional groups attached to an aromatic ring is 1. The Labute approximate surface area is 702 Å². The molecule has 39 nitrogen and oxygen atoms in total. The van der Waals surface area contributed by atoms with Crippen molar-refractivity contribution in [3.63, 3.8) is 0 Å². The van der Waals surface area contributed by atoms with Crippen molar-refractivity contribution in [1.82, 2.24) is 75.1 Å². The summed E-state index contributed by atoms with van der Waals surface area (Å²) in [6.45, 7) is 5.82. The number of imide groups is 6. The Morgan fingerprint density at radius 3 is 1.10 bits per heavy atom. The van der Waals surface area contributed by atoms with E-state index in [2.05, 4.69) is 50.5 Å². The number of alkyl halides is 6. The lowest BCUT2D eigenvalue weighted by Gasteiger charge is -2.32. The van der Waals surface area contributed by atoms with Crippen LogP contribution in [0.25, 0.3) is 0 Å². The molecule has 3 unspecified atom stereocenters. The van der Waals surface area contributed by atoms with Crippen LogP contribution in [0.1, 0.15) is 230 Å². The van der Waals surface area contributed by atoms with Crippen LogP contribution in [0.15, 0.2) is 73.2 Å². The van der Waals surface area contributed by atoms with E-state index in [1.54, 1.807) is 47.1 Å². The molecule has 9 aliphatic rings. The number of aromatic nitrogens is 6. The van der Waals surface area contributed by atoms with E-state index in [1.807, 2.05) is 6.07 Å². The molecule has 3 atom stereocenters. The van der Waals surface area contributed by atoms with Crippen LogP contribution in [-0.4, -0.2) is 226 Å². The summed E-state index contributed by atoms with van der Waals surface area (Å²) in [6, 6.07) is 11.8. The van der Waals surface area contributed by atoms with Crippen molar-refractivity contribution >= 4 is 110 Å². The second-order valence-corrected chi connectivity index (χ2v) is 31.6. The number of piperidine rings is 6. The highest BCUT2D eigenvalue weighted by atomic mass is 35.5. The van der Waals surface area contributed by atoms with Crippen molar-refractivity contribution in [2.45, 2.75) is 171 Å². The number of likely N-dealkylation sites (tertiary alicyclic amines) is 2. The number of aryl methyl sites for hydroxylation is 3. The number of benzene rings is 3. The quantitative estimate of drug-likeness (QED) is 0.00812. The van der Waals surface area contributed by atoms with Gasteiger partial charge in [0.15, 0.2) is 5.69 Å². The molecule has 0 saturated carbocycles. The first-order valence-corrected chi connectivity index (χ1v) is 40.9. The van der Waals surface area contributed by atoms with Gasteiger partial charge in [-0.2, -0.15) is 23.7 Å². The number of hydrogen-bond donors (Lipinski definition) is 5. The van der Waals surface area contributed by atoms with Gasteiger partial charge in [-0.25, -0.2) is 26.3 Å². The Hall–Kier alpha value is -12.2. The van der Waals surface area contributed by atoms with Gasteiger partial charge in [-0.05, 0) is 157 Å². The van der Waals surface area contributed by atoms with Gasteiger partial charge in [-0.1, -0.05) is 36.4 Å². The second-order valence-electron chi connectivity index (χ2n) is 29.9. The number of amides is 12. The molecule has 123 heavy (non-hydrogen) atoms. The van der Waals surface area contributed by atoms with E-state index in [4.69, 9.17) is 16.5 Å². The van der Waals surface area contributed by atoms with Crippen molar-refractivity contribution in [3.8, 4) is 0 Å². The third-order valence-electron chi connectivity index (χ3n) is 22.2. The van der Waals surface area contributed by atoms with Crippen LogP contribution in [0.2, 0.25) is 0 Å². The maximum Gasteiger partial charge on any atom is 0.316 e. The molecule has 0 spiro atoms. The average molecular weight is 1760 g/mol. The molecular formula is C76H85ClF6N20O19S. The van der Waals surface area contributed by atoms with Crippen LogP contribution in [-0.2, 0) is 62.3 Å². The number of halogens is 7. The summed E-state index contributed by atoms with van der Waals surface area (Å²) in [5.41, 5.74) is 6.09. The zero-order valence-electron chi connectivity index (χ0n) is 65.8. The molecule has 12 amide bonds. The zero-order valence-corrected chi connectivity index (χ0v) is 67.5. The molecule has 6 fully saturated rings. The van der Waals surface area contributed by atoms with Crippen molar-refractivity contribution in [2.24, 2.45) is 0 Å². The first kappa shape index (κ1) is 93.1. The van der Waals surface area contributed by atoms with Crippen molar-refractivity contribution in [2.75, 3.05) is 71.0 Å². The number of rotatable bonds is 24. The first-order chi connectivity index (χ1) is 58.2. The van der Waals surface area contributed by atoms with Gasteiger partial charge in [-0.3, -0.25) is 127 Å². The Balaban J connectivity index is 0.000000176. The molecule has 3 aromatic carbocycles. The van der Waals surface area contributed by atoms with E-state index < -0.39 is 151 Å². The zero-order chi connectivity index (χ0) is 88.3. The van der Waals surface area contributed by atoms with Crippen LogP contribution >= 0.6 is 12.4 Å². The minimum absolute atomic E-state index is 0. The number of nitrogens with two attached hydrogens (primary N) is 1. The highest BCUT2D eigenvalue weighted by Gasteiger charge is 2.49. The van der Waals surface area contributed by atoms with E-state index in [-0.39, 0.29) is 109 Å². The molecule has 3 aromatic heterocycles. The summed E-state index contributed by atoms with van der Waals surface area (Å²) in [5.74, 6) is -6.43. The Bertz CT molecular complexity index is 5240. The highest BCUT2D eigenvalue weighted by molar-refractivity contribution is 7.86. The summed E-state index contributed by atoms with van der Waals surface area (Å²) in [4.78, 5) is 176. The highest BCUT2D eigenvalue weighted by Crippen LogP contribution is 2.38. The summed E-state index contributed by atoms with van der Waals surface area (Å²) < 4.78 is 108. The molecule has 6 N–H and O–H groups in total. The molecule has 9 aliphatic heterocycles. The van der Waals surface area contributed by atoms with Gasteiger partial charge in [0.25, 0.3) is 64.8 Å². The maximum absolute atomic E-state index is 13.2. The third kappa shape index (κ3) is 21.3. The summed E-state index contributed by atoms with van der Waals surface area (Å²) in [6.07, 6.45) is 3.88. The fourth-order valence-corrected chi connectivity index (χ4v) is 16.7. The van der Waals surface area contributed by atoms with E-state index in [9.17, 15) is 113 Å². The molecule has 12 heterocycles. The molecule has 0 radical (unpaired) electrons. The average Bonchev–Trinajstić information content (AvgIpc) is 1.61. The van der Waals surface area contributed by atoms with Gasteiger partial charge in [0.1, 0.15) is 30.5 Å². The molecule has 0 aliphatic carbocycles. The van der Waals surface area contributed by atoms with Gasteiger partial charge in [0.2, 0.25) is 46.8 Å². The standard InChI is InChI=1S/C25H26F2N6O6.C25H28F2N6O4.C17H18N2O7S.C9H12F2N4O2.ClH.N2/c26-22(27)21-18(33(38)39)13-31(29-21)15-8-11-30(12-9-15)10-2-4-14-3-1-5-16-20(14)25(37)32(24(16)36)17-6-7-19(34)28-23(17)35;26-22(27)21-17(28)13-32(30-21)15-8-11-31(12-9-15)10-2-4-14-3-1-5-16-20(14)25(37)33(24(16)36)18-6-7-19(34)29-23(18)35;1-27(24,25)26-9-3-5-10-4-2-6-11-14(10)17(23)19(16(11)22)12-7-8-13(20)18-15(12)21;10-9(11)8-7(15(16)17)5-14(13-8)6-1-3-12-4-2-6;;1-2/h1,3,5,13,15,17,22H,2,4,6-12H2,(H,28,34,35);1,3,5,13,15,18,22H,2,4,6-12,28H2,(H,29,34,35);2,4,6,12H,3,5,7-9H2,1H3,(H,18,20,21);5-6,9,12H,1-4H2;1H;. The van der Waals surface area contributed by atoms with Gasteiger partial charge in [0.05, 0.1) is 79.9 Å². The second kappa shape index (κ2) is 40.7. The van der Waals surface area contributed by atoms with E-state index >= 15 is 0 Å². The fourth-order valence-electron chi connectivity index (χ4n) is 16.3. The predicted octanol–water partition coefficient (Wildman–Crippen LogP) is 6.58. The summed E-state index contributed by atoms with van der Waals surface area (Å²) in [5, 5.41) is 54.8. The van der Waals surface area contributed by atoms with Gasteiger partial charge >= 0.3 is 11.4 Å². The van der Waals surface area contributed by atoms with E-state index in [0.29, 0.717) is 86.8 Å². The summed E-state index contributed by atoms with van der Waals surface area (Å²) >= 11 is 0. The monoisotopic (exact) mass is 1760 g/mol. The molecule has 658 valence electrons. The van der Waals surface area contributed by atoms with Crippen LogP contribution in [0.5, 0.6) is 0 Å². The number of carbonyl (C=O) groups is 12. The largest absolute Gasteiger partial charge is 0.396 e. The minimum atomic E-state index is -3.54. The normalized spacial score (nSPS) is 19.7. The minimum Gasteiger partial charge on any atom is -0.396 e. The first-order valence-electron chi connectivity index (χ1n) is 39.0. The Kier molecular flexibility index (Phi) is 30.8. The lowest BCUT2D eigenvalue weighted by atomic mass is 9.98. The van der Waals surface area contributed by atoms with E-state index in [1.165, 1.54) is 21.6 Å². The lowest BCUT2D eigenvalue weighted by Crippen LogP contribution is -2.54. The summed E-state index contributed by atoms with van der Waals surface area (Å²) in [7, 11) is -3.54. The predicted molar refractivity (Wildman–Crippen MR) is 416 cm³/mol. The fraction of sp³-hybridized carbons (Fsp3) is 0.487. The van der Waals surface area contributed by atoms with Gasteiger partial charge in [-0.15, -0.1) is 12.4 Å². The number of hydrogen-bond acceptors (Lipinski definition) is 28. The van der Waals surface area contributed by atoms with Gasteiger partial charge in [0, 0.05) is 62.4 Å². The Morgan fingerprint density at radius 1 is 0.480 bits per heavy atom. The molecule has 47 heteroatoms. The molecule has 6 aromatic rings. The molecule has 15 rings (SSSR count). The number of nitro groups is 2. The van der Waals surface area contributed by atoms with Crippen LogP contribution in [0, 0.1) is 31.0 Å². The maximum atomic E-state index is 13.2. The SMILES string of the molecule is CS(=O)(=O)OCCCc1cccc2c1C(=O)N(C1CCC(=O)NC1=O)C2=O.Cl.N#N.Nc1cn(C2CCN(CCCc3cccc4c3C(=O)N(C3CCC(=O)NC3=O)C4=O)CC2)nc1C(F)F.O=C1CCC(N2C(=O)c3cccc(CCCN4CCC(n5cc([N+](=O)[O-])c(C(F)F)n5)CC4)c3C2=O)C(=O)N1.O=[N+]([O-])c1cn(C2CCNCC2)nc1C(F)F. The molecular weight excluding hydrogens is 1680 g/mol. The van der Waals surface area contributed by atoms with E-state index in [0.717, 1.165) is 104 Å². The molecule has 6 saturated heterocycles. The smallest absolute Gasteiger partial charge is 0.316 e. The Morgan fingerprint density at radius 2 is 0.797 bits per heavy atom. The van der Waals surface area contributed by atoms with Crippen LogP contribution in [0.3, 0.4) is 0 Å². The number of nitrogens with zero attached hydrogens (tertiary/aromatic N) is 15. The number of nitrogens with one attached hydrogen (secondary N) is 4. The molecule has 0 bridgehead atoms. The number of carbonyl (C=O) groups excluding carboxylic acids is 12. The van der Waals surface area contributed by atoms with Gasteiger partial charge < -0.3 is 20.9 Å². The topological polar surface area (TPSA) is 526 Å². The lowest BCUT2D eigenvalue weighted by molar-refractivity contribution is -0.386. The van der Waals surface area contributed by atoms with Crippen LogP contribution in [0.4, 0.5) is 43.4 Å². The number of fused-ring (bicyclic) bond motifs is 3. The number of anilines is 1. The van der Waals surface area contributed by atoms with Crippen molar-refractivity contribution in [3.05, 3.63) is 161 Å². The van der Waals surface area contributed by atoms with Crippen molar-refractivity contribution < 1.29 is 106 Å². The van der Waals surface area contributed by atoms with Crippen LogP contribution < -0.4 is 27.0 Å². The third-order valence-corrected chi connectivity index (χ3v) is 22.8. The van der Waals surface area contributed by atoms with Crippen molar-refractivity contribution in [1.29, 1.82) is 10.8 Å².